The molecule has 8 heteroatoms. The Bertz CT molecular complexity index is 616. The van der Waals surface area contributed by atoms with Crippen LogP contribution in [0, 0.1) is 0 Å². The lowest BCUT2D eigenvalue weighted by atomic mass is 10.3. The molecule has 110 valence electrons. The van der Waals surface area contributed by atoms with E-state index in [1.165, 1.54) is 11.3 Å². The van der Waals surface area contributed by atoms with Crippen molar-refractivity contribution in [3.05, 3.63) is 45.9 Å². The third-order valence-electron chi connectivity index (χ3n) is 2.58. The molecule has 6 nitrogen and oxygen atoms in total. The number of hydrogen-bond acceptors (Lipinski definition) is 4. The van der Waals surface area contributed by atoms with Crippen LogP contribution in [0.15, 0.2) is 35.2 Å². The number of amides is 2. The highest BCUT2D eigenvalue weighted by Crippen LogP contribution is 2.18. The van der Waals surface area contributed by atoms with Gasteiger partial charge in [-0.1, -0.05) is 11.6 Å². The molecular weight excluding hydrogens is 314 g/mol. The van der Waals surface area contributed by atoms with Gasteiger partial charge in [0.2, 0.25) is 0 Å². The van der Waals surface area contributed by atoms with E-state index in [4.69, 9.17) is 16.7 Å². The van der Waals surface area contributed by atoms with E-state index >= 15 is 0 Å². The van der Waals surface area contributed by atoms with Crippen molar-refractivity contribution < 1.29 is 14.7 Å². The van der Waals surface area contributed by atoms with E-state index < -0.39 is 18.5 Å². The van der Waals surface area contributed by atoms with E-state index in [1.54, 1.807) is 29.8 Å². The number of aliphatic carboxylic acids is 1. The molecule has 2 rings (SSSR count). The van der Waals surface area contributed by atoms with Crippen LogP contribution in [0.25, 0.3) is 0 Å². The van der Waals surface area contributed by atoms with E-state index in [0.717, 1.165) is 10.6 Å². The zero-order valence-electron chi connectivity index (χ0n) is 10.8. The Labute approximate surface area is 130 Å². The number of aromatic nitrogens is 1. The normalized spacial score (nSPS) is 10.1. The maximum absolute atomic E-state index is 12.2. The first-order valence-electron chi connectivity index (χ1n) is 5.96. The van der Waals surface area contributed by atoms with Gasteiger partial charge in [0.1, 0.15) is 6.54 Å². The molecule has 0 radical (unpaired) electrons. The van der Waals surface area contributed by atoms with Gasteiger partial charge in [-0.25, -0.2) is 9.78 Å². The number of urea groups is 1. The number of carboxylic acids is 1. The van der Waals surface area contributed by atoms with Gasteiger partial charge in [0.25, 0.3) is 0 Å². The van der Waals surface area contributed by atoms with Crippen LogP contribution in [0.3, 0.4) is 0 Å². The standard InChI is InChI=1S/C13H12ClN3O3S/c14-9-1-3-11(4-2-9)17(6-12(18)19)13(20)15-5-10-7-21-8-16-10/h1-4,7-8H,5-6H2,(H,15,20)(H,18,19). The van der Waals surface area contributed by atoms with Crippen molar-refractivity contribution in [3.8, 4) is 0 Å². The number of thiazole rings is 1. The molecule has 0 spiro atoms. The monoisotopic (exact) mass is 325 g/mol. The number of nitrogens with one attached hydrogen (secondary N) is 1. The number of carbonyl (C=O) groups is 2. The highest BCUT2D eigenvalue weighted by atomic mass is 35.5. The topological polar surface area (TPSA) is 82.5 Å². The Kier molecular flexibility index (Phi) is 5.13. The van der Waals surface area contributed by atoms with Gasteiger partial charge in [-0.15, -0.1) is 11.3 Å². The Morgan fingerprint density at radius 1 is 1.33 bits per heavy atom. The molecule has 0 saturated heterocycles. The molecular formula is C13H12ClN3O3S. The Hall–Kier alpha value is -2.12. The lowest BCUT2D eigenvalue weighted by Gasteiger charge is -2.21. The van der Waals surface area contributed by atoms with Crippen molar-refractivity contribution in [2.45, 2.75) is 6.54 Å². The summed E-state index contributed by atoms with van der Waals surface area (Å²) in [7, 11) is 0. The van der Waals surface area contributed by atoms with Crippen molar-refractivity contribution in [1.82, 2.24) is 10.3 Å². The smallest absolute Gasteiger partial charge is 0.323 e. The van der Waals surface area contributed by atoms with Crippen molar-refractivity contribution >= 4 is 40.6 Å². The van der Waals surface area contributed by atoms with Gasteiger partial charge in [0, 0.05) is 16.1 Å². The lowest BCUT2D eigenvalue weighted by Crippen LogP contribution is -2.42. The number of anilines is 1. The molecule has 0 atom stereocenters. The molecule has 2 aromatic rings. The number of nitrogens with zero attached hydrogens (tertiary/aromatic N) is 2. The van der Waals surface area contributed by atoms with Gasteiger partial charge >= 0.3 is 12.0 Å². The Morgan fingerprint density at radius 2 is 2.05 bits per heavy atom. The molecule has 0 fully saturated rings. The molecule has 0 aliphatic carbocycles. The van der Waals surface area contributed by atoms with Crippen molar-refractivity contribution in [2.24, 2.45) is 0 Å². The van der Waals surface area contributed by atoms with E-state index in [9.17, 15) is 9.59 Å². The second-order valence-corrected chi connectivity index (χ2v) is 5.25. The molecule has 0 aliphatic heterocycles. The zero-order valence-corrected chi connectivity index (χ0v) is 12.4. The second-order valence-electron chi connectivity index (χ2n) is 4.09. The highest BCUT2D eigenvalue weighted by Gasteiger charge is 2.18. The molecule has 1 heterocycles. The Morgan fingerprint density at radius 3 is 2.62 bits per heavy atom. The quantitative estimate of drug-likeness (QED) is 0.885. The minimum Gasteiger partial charge on any atom is -0.480 e. The summed E-state index contributed by atoms with van der Waals surface area (Å²) >= 11 is 7.21. The lowest BCUT2D eigenvalue weighted by molar-refractivity contribution is -0.135. The summed E-state index contributed by atoms with van der Waals surface area (Å²) in [6.07, 6.45) is 0. The predicted octanol–water partition coefficient (Wildman–Crippen LogP) is 2.60. The number of carbonyl (C=O) groups excluding carboxylic acids is 1. The summed E-state index contributed by atoms with van der Waals surface area (Å²) in [5.41, 5.74) is 2.84. The molecule has 2 N–H and O–H groups in total. The number of rotatable bonds is 5. The maximum atomic E-state index is 12.2. The average Bonchev–Trinajstić information content (AvgIpc) is 2.96. The van der Waals surface area contributed by atoms with Gasteiger partial charge in [-0.2, -0.15) is 0 Å². The summed E-state index contributed by atoms with van der Waals surface area (Å²) in [6, 6.07) is 5.87. The van der Waals surface area contributed by atoms with Gasteiger partial charge in [-0.05, 0) is 24.3 Å². The van der Waals surface area contributed by atoms with E-state index in [0.29, 0.717) is 10.7 Å². The minimum atomic E-state index is -1.10. The van der Waals surface area contributed by atoms with Crippen LogP contribution < -0.4 is 10.2 Å². The summed E-state index contributed by atoms with van der Waals surface area (Å²) < 4.78 is 0. The fourth-order valence-electron chi connectivity index (χ4n) is 1.62. The Balaban J connectivity index is 2.09. The van der Waals surface area contributed by atoms with Crippen molar-refractivity contribution in [2.75, 3.05) is 11.4 Å². The van der Waals surface area contributed by atoms with Crippen LogP contribution >= 0.6 is 22.9 Å². The van der Waals surface area contributed by atoms with Crippen LogP contribution in [0.2, 0.25) is 5.02 Å². The van der Waals surface area contributed by atoms with Crippen molar-refractivity contribution in [3.63, 3.8) is 0 Å². The van der Waals surface area contributed by atoms with Crippen LogP contribution in [0.1, 0.15) is 5.69 Å². The van der Waals surface area contributed by atoms with Crippen LogP contribution in [-0.2, 0) is 11.3 Å². The predicted molar refractivity (Wildman–Crippen MR) is 80.8 cm³/mol. The fraction of sp³-hybridized carbons (Fsp3) is 0.154. The molecule has 0 unspecified atom stereocenters. The van der Waals surface area contributed by atoms with Crippen LogP contribution in [0.5, 0.6) is 0 Å². The SMILES string of the molecule is O=C(O)CN(C(=O)NCc1cscn1)c1ccc(Cl)cc1. The first-order valence-corrected chi connectivity index (χ1v) is 7.28. The number of benzene rings is 1. The molecule has 1 aromatic carbocycles. The van der Waals surface area contributed by atoms with Gasteiger partial charge in [0.15, 0.2) is 0 Å². The third-order valence-corrected chi connectivity index (χ3v) is 3.47. The largest absolute Gasteiger partial charge is 0.480 e. The van der Waals surface area contributed by atoms with Crippen LogP contribution in [-0.4, -0.2) is 28.6 Å². The number of halogens is 1. The zero-order chi connectivity index (χ0) is 15.2. The summed E-state index contributed by atoms with van der Waals surface area (Å²) in [5.74, 6) is -1.10. The fourth-order valence-corrected chi connectivity index (χ4v) is 2.31. The summed E-state index contributed by atoms with van der Waals surface area (Å²) in [4.78, 5) is 28.3. The van der Waals surface area contributed by atoms with Gasteiger partial charge < -0.3 is 10.4 Å². The van der Waals surface area contributed by atoms with E-state index in [2.05, 4.69) is 10.3 Å². The first-order chi connectivity index (χ1) is 10.1. The summed E-state index contributed by atoms with van der Waals surface area (Å²) in [6.45, 7) is -0.198. The van der Waals surface area contributed by atoms with E-state index in [-0.39, 0.29) is 6.54 Å². The number of carboxylic acid groups (broad SMARTS) is 1. The molecule has 0 bridgehead atoms. The molecule has 21 heavy (non-hydrogen) atoms. The second kappa shape index (κ2) is 7.05. The molecule has 0 saturated carbocycles. The number of hydrogen-bond donors (Lipinski definition) is 2. The van der Waals surface area contributed by atoms with Gasteiger partial charge in [-0.3, -0.25) is 9.69 Å². The maximum Gasteiger partial charge on any atom is 0.323 e. The van der Waals surface area contributed by atoms with Crippen LogP contribution in [0.4, 0.5) is 10.5 Å². The van der Waals surface area contributed by atoms with Gasteiger partial charge in [0.05, 0.1) is 17.7 Å². The van der Waals surface area contributed by atoms with Crippen molar-refractivity contribution in [1.29, 1.82) is 0 Å². The molecule has 2 amide bonds. The summed E-state index contributed by atoms with van der Waals surface area (Å²) in [5, 5.41) is 13.9. The van der Waals surface area contributed by atoms with E-state index in [1.807, 2.05) is 5.38 Å². The highest BCUT2D eigenvalue weighted by molar-refractivity contribution is 7.07. The molecule has 0 aliphatic rings. The minimum absolute atomic E-state index is 0.242. The first kappa shape index (κ1) is 15.3. The molecule has 1 aromatic heterocycles. The average molecular weight is 326 g/mol. The third kappa shape index (κ3) is 4.44.